The van der Waals surface area contributed by atoms with Crippen molar-refractivity contribution in [2.45, 2.75) is 0 Å². The summed E-state index contributed by atoms with van der Waals surface area (Å²) in [4.78, 5) is 10.0. The van der Waals surface area contributed by atoms with E-state index in [1.165, 1.54) is 12.1 Å². The predicted octanol–water partition coefficient (Wildman–Crippen LogP) is 2.39. The third-order valence-corrected chi connectivity index (χ3v) is 2.46. The fourth-order valence-electron chi connectivity index (χ4n) is 1.17. The average molecular weight is 315 g/mol. The molecule has 0 radical (unpaired) electrons. The van der Waals surface area contributed by atoms with Crippen LogP contribution in [0, 0.1) is 13.8 Å². The number of rotatable bonds is 2. The van der Waals surface area contributed by atoms with E-state index in [9.17, 15) is 10.1 Å². The first-order valence-corrected chi connectivity index (χ1v) is 5.21. The molecule has 1 heterocycles. The highest BCUT2D eigenvalue weighted by Crippen LogP contribution is 2.15. The van der Waals surface area contributed by atoms with Crippen LogP contribution in [-0.4, -0.2) is 14.7 Å². The number of nitrogens with zero attached hydrogens (tertiary/aromatic N) is 3. The minimum Gasteiger partial charge on any atom is -0.258 e. The maximum absolute atomic E-state index is 10.4. The second-order valence-electron chi connectivity index (χ2n) is 2.86. The van der Waals surface area contributed by atoms with Gasteiger partial charge in [0.05, 0.1) is 10.6 Å². The molecule has 0 saturated carbocycles. The summed E-state index contributed by atoms with van der Waals surface area (Å²) >= 11 is 2.10. The second-order valence-corrected chi connectivity index (χ2v) is 3.96. The molecule has 0 bridgehead atoms. The van der Waals surface area contributed by atoms with Crippen molar-refractivity contribution in [3.05, 3.63) is 50.3 Å². The lowest BCUT2D eigenvalue weighted by atomic mass is 10.3. The van der Waals surface area contributed by atoms with Crippen molar-refractivity contribution < 1.29 is 4.92 Å². The maximum atomic E-state index is 10.4. The molecular formula is C9H6IN3O2. The van der Waals surface area contributed by atoms with E-state index in [0.29, 0.717) is 0 Å². The Bertz CT molecular complexity index is 492. The Balaban J connectivity index is 2.35. The van der Waals surface area contributed by atoms with Gasteiger partial charge in [0, 0.05) is 18.3 Å². The van der Waals surface area contributed by atoms with E-state index in [4.69, 9.17) is 0 Å². The fraction of sp³-hybridized carbons (Fsp3) is 0. The van der Waals surface area contributed by atoms with Crippen LogP contribution in [-0.2, 0) is 0 Å². The van der Waals surface area contributed by atoms with Gasteiger partial charge in [-0.3, -0.25) is 10.1 Å². The minimum atomic E-state index is -0.420. The van der Waals surface area contributed by atoms with Gasteiger partial charge in [-0.05, 0) is 40.8 Å². The van der Waals surface area contributed by atoms with Crippen LogP contribution >= 0.6 is 22.6 Å². The molecule has 6 heteroatoms. The highest BCUT2D eigenvalue weighted by Gasteiger charge is 2.05. The Hall–Kier alpha value is -1.44. The summed E-state index contributed by atoms with van der Waals surface area (Å²) in [5, 5.41) is 14.6. The van der Waals surface area contributed by atoms with Crippen LogP contribution < -0.4 is 0 Å². The largest absolute Gasteiger partial charge is 0.269 e. The summed E-state index contributed by atoms with van der Waals surface area (Å²) < 4.78 is 2.55. The highest BCUT2D eigenvalue weighted by atomic mass is 127. The lowest BCUT2D eigenvalue weighted by Crippen LogP contribution is -1.95. The molecule has 0 spiro atoms. The number of nitro groups is 1. The van der Waals surface area contributed by atoms with Crippen molar-refractivity contribution in [1.29, 1.82) is 0 Å². The van der Waals surface area contributed by atoms with Gasteiger partial charge in [-0.25, -0.2) is 4.68 Å². The third kappa shape index (κ3) is 2.14. The van der Waals surface area contributed by atoms with Crippen LogP contribution in [0.1, 0.15) is 0 Å². The molecule has 0 aliphatic carbocycles. The average Bonchev–Trinajstić information content (AvgIpc) is 2.65. The molecule has 76 valence electrons. The molecule has 0 aliphatic rings. The highest BCUT2D eigenvalue weighted by molar-refractivity contribution is 14.1. The normalized spacial score (nSPS) is 10.2. The molecule has 1 aromatic carbocycles. The lowest BCUT2D eigenvalue weighted by molar-refractivity contribution is -0.384. The molecule has 1 aromatic heterocycles. The van der Waals surface area contributed by atoms with Gasteiger partial charge in [0.1, 0.15) is 3.70 Å². The molecule has 0 amide bonds. The summed E-state index contributed by atoms with van der Waals surface area (Å²) in [5.74, 6) is 0. The van der Waals surface area contributed by atoms with Gasteiger partial charge >= 0.3 is 0 Å². The molecule has 0 saturated heterocycles. The summed E-state index contributed by atoms with van der Waals surface area (Å²) in [7, 11) is 0. The zero-order chi connectivity index (χ0) is 10.8. The van der Waals surface area contributed by atoms with Crippen molar-refractivity contribution in [1.82, 2.24) is 9.78 Å². The van der Waals surface area contributed by atoms with Crippen molar-refractivity contribution in [3.8, 4) is 5.69 Å². The molecule has 0 fully saturated rings. The first-order valence-electron chi connectivity index (χ1n) is 4.13. The Labute approximate surface area is 99.0 Å². The Morgan fingerprint density at radius 2 is 1.93 bits per heavy atom. The quantitative estimate of drug-likeness (QED) is 0.486. The van der Waals surface area contributed by atoms with Crippen LogP contribution in [0.2, 0.25) is 0 Å². The molecule has 15 heavy (non-hydrogen) atoms. The molecular weight excluding hydrogens is 309 g/mol. The van der Waals surface area contributed by atoms with Crippen molar-refractivity contribution >= 4 is 28.3 Å². The van der Waals surface area contributed by atoms with Gasteiger partial charge in [-0.2, -0.15) is 5.10 Å². The zero-order valence-corrected chi connectivity index (χ0v) is 9.66. The number of non-ortho nitro benzene ring substituents is 1. The van der Waals surface area contributed by atoms with Crippen LogP contribution in [0.25, 0.3) is 5.69 Å². The SMILES string of the molecule is O=[N+]([O-])c1ccc(-n2ccc(I)n2)cc1. The lowest BCUT2D eigenvalue weighted by Gasteiger charge is -1.99. The van der Waals surface area contributed by atoms with Crippen LogP contribution in [0.5, 0.6) is 0 Å². The Morgan fingerprint density at radius 1 is 1.27 bits per heavy atom. The first-order chi connectivity index (χ1) is 7.16. The smallest absolute Gasteiger partial charge is 0.258 e. The van der Waals surface area contributed by atoms with E-state index in [1.807, 2.05) is 12.3 Å². The van der Waals surface area contributed by atoms with E-state index in [2.05, 4.69) is 27.7 Å². The van der Waals surface area contributed by atoms with Crippen LogP contribution in [0.15, 0.2) is 36.5 Å². The van der Waals surface area contributed by atoms with E-state index in [-0.39, 0.29) is 5.69 Å². The number of hydrogen-bond donors (Lipinski definition) is 0. The Kier molecular flexibility index (Phi) is 2.67. The summed E-state index contributed by atoms with van der Waals surface area (Å²) in [5.41, 5.74) is 0.893. The van der Waals surface area contributed by atoms with Crippen molar-refractivity contribution in [3.63, 3.8) is 0 Å². The first kappa shape index (κ1) is 10.1. The minimum absolute atomic E-state index is 0.0839. The second kappa shape index (κ2) is 3.97. The topological polar surface area (TPSA) is 61.0 Å². The zero-order valence-electron chi connectivity index (χ0n) is 7.50. The molecule has 2 rings (SSSR count). The molecule has 0 atom stereocenters. The number of aromatic nitrogens is 2. The number of halogens is 1. The third-order valence-electron chi connectivity index (χ3n) is 1.88. The van der Waals surface area contributed by atoms with Gasteiger partial charge in [-0.15, -0.1) is 0 Å². The Morgan fingerprint density at radius 3 is 2.40 bits per heavy atom. The number of hydrogen-bond acceptors (Lipinski definition) is 3. The summed E-state index contributed by atoms with van der Waals surface area (Å²) in [6.45, 7) is 0. The van der Waals surface area contributed by atoms with E-state index < -0.39 is 4.92 Å². The van der Waals surface area contributed by atoms with Crippen molar-refractivity contribution in [2.24, 2.45) is 0 Å². The molecule has 2 aromatic rings. The summed E-state index contributed by atoms with van der Waals surface area (Å²) in [6.07, 6.45) is 1.81. The van der Waals surface area contributed by atoms with E-state index in [1.54, 1.807) is 16.8 Å². The van der Waals surface area contributed by atoms with Gasteiger partial charge in [0.15, 0.2) is 0 Å². The molecule has 0 unspecified atom stereocenters. The van der Waals surface area contributed by atoms with Crippen LogP contribution in [0.4, 0.5) is 5.69 Å². The molecule has 5 nitrogen and oxygen atoms in total. The van der Waals surface area contributed by atoms with E-state index in [0.717, 1.165) is 9.39 Å². The van der Waals surface area contributed by atoms with Gasteiger partial charge in [0.25, 0.3) is 5.69 Å². The van der Waals surface area contributed by atoms with Gasteiger partial charge in [-0.1, -0.05) is 0 Å². The fourth-order valence-corrected chi connectivity index (χ4v) is 1.57. The molecule has 0 N–H and O–H groups in total. The maximum Gasteiger partial charge on any atom is 0.269 e. The number of benzene rings is 1. The van der Waals surface area contributed by atoms with Crippen LogP contribution in [0.3, 0.4) is 0 Å². The predicted molar refractivity (Wildman–Crippen MR) is 62.9 cm³/mol. The standard InChI is InChI=1S/C9H6IN3O2/c10-9-5-6-12(11-9)7-1-3-8(4-2-7)13(14)15/h1-6H. The summed E-state index contributed by atoms with van der Waals surface area (Å²) in [6, 6.07) is 8.12. The monoisotopic (exact) mass is 315 g/mol. The van der Waals surface area contributed by atoms with Crippen molar-refractivity contribution in [2.75, 3.05) is 0 Å². The number of nitro benzene ring substituents is 1. The van der Waals surface area contributed by atoms with Gasteiger partial charge in [0.2, 0.25) is 0 Å². The van der Waals surface area contributed by atoms with Gasteiger partial charge < -0.3 is 0 Å². The van der Waals surface area contributed by atoms with E-state index >= 15 is 0 Å². The molecule has 0 aliphatic heterocycles.